The number of carboxylic acid groups (broad SMARTS) is 1. The van der Waals surface area contributed by atoms with Crippen LogP contribution >= 0.6 is 0 Å². The Labute approximate surface area is 89.1 Å². The third kappa shape index (κ3) is 1.55. The van der Waals surface area contributed by atoms with E-state index in [9.17, 15) is 4.79 Å². The van der Waals surface area contributed by atoms with Crippen LogP contribution < -0.4 is 0 Å². The van der Waals surface area contributed by atoms with Crippen molar-refractivity contribution in [3.05, 3.63) is 23.0 Å². The van der Waals surface area contributed by atoms with E-state index in [4.69, 9.17) is 5.11 Å². The normalized spacial score (nSPS) is 21.4. The van der Waals surface area contributed by atoms with E-state index in [1.54, 1.807) is 6.07 Å². The van der Waals surface area contributed by atoms with Crippen molar-refractivity contribution in [3.63, 3.8) is 0 Å². The predicted molar refractivity (Wildman–Crippen MR) is 57.2 cm³/mol. The summed E-state index contributed by atoms with van der Waals surface area (Å²) in [5.41, 5.74) is 2.67. The lowest BCUT2D eigenvalue weighted by molar-refractivity contribution is 0.0676. The van der Waals surface area contributed by atoms with E-state index < -0.39 is 5.97 Å². The van der Waals surface area contributed by atoms with Gasteiger partial charge in [0.25, 0.3) is 0 Å². The summed E-state index contributed by atoms with van der Waals surface area (Å²) < 4.78 is 1.91. The lowest BCUT2D eigenvalue weighted by Crippen LogP contribution is -2.34. The van der Waals surface area contributed by atoms with Crippen LogP contribution in [0.2, 0.25) is 0 Å². The SMILES string of the molecule is Cc1cc(C(=O)O)n2c1C(C)CN(C)C2. The fourth-order valence-corrected chi connectivity index (χ4v) is 2.54. The zero-order chi connectivity index (χ0) is 11.2. The molecule has 4 nitrogen and oxygen atoms in total. The fourth-order valence-electron chi connectivity index (χ4n) is 2.54. The van der Waals surface area contributed by atoms with Gasteiger partial charge in [0.1, 0.15) is 5.69 Å². The standard InChI is InChI=1S/C11H16N2O2/c1-7-4-9(11(14)15)13-6-12(3)5-8(2)10(7)13/h4,8H,5-6H2,1-3H3,(H,14,15). The molecule has 2 heterocycles. The van der Waals surface area contributed by atoms with Crippen molar-refractivity contribution < 1.29 is 9.90 Å². The summed E-state index contributed by atoms with van der Waals surface area (Å²) in [4.78, 5) is 13.2. The van der Waals surface area contributed by atoms with Crippen LogP contribution in [0.1, 0.15) is 34.6 Å². The third-order valence-corrected chi connectivity index (χ3v) is 2.99. The molecule has 2 rings (SSSR count). The summed E-state index contributed by atoms with van der Waals surface area (Å²) in [7, 11) is 2.01. The number of carbonyl (C=O) groups is 1. The van der Waals surface area contributed by atoms with E-state index in [0.717, 1.165) is 12.1 Å². The average Bonchev–Trinajstić information content (AvgIpc) is 2.42. The number of aromatic nitrogens is 1. The van der Waals surface area contributed by atoms with Gasteiger partial charge in [0.2, 0.25) is 0 Å². The number of fused-ring (bicyclic) bond motifs is 1. The minimum Gasteiger partial charge on any atom is -0.477 e. The Morgan fingerprint density at radius 1 is 1.60 bits per heavy atom. The van der Waals surface area contributed by atoms with Crippen LogP contribution in [0.15, 0.2) is 6.07 Å². The number of aromatic carboxylic acids is 1. The van der Waals surface area contributed by atoms with Gasteiger partial charge in [0.15, 0.2) is 0 Å². The van der Waals surface area contributed by atoms with Crippen LogP contribution in [0.25, 0.3) is 0 Å². The van der Waals surface area contributed by atoms with Crippen molar-refractivity contribution in [1.29, 1.82) is 0 Å². The molecule has 0 aliphatic carbocycles. The summed E-state index contributed by atoms with van der Waals surface area (Å²) in [5.74, 6) is -0.441. The highest BCUT2D eigenvalue weighted by molar-refractivity contribution is 5.86. The second kappa shape index (κ2) is 3.38. The first-order valence-corrected chi connectivity index (χ1v) is 5.12. The maximum absolute atomic E-state index is 11.1. The quantitative estimate of drug-likeness (QED) is 0.760. The topological polar surface area (TPSA) is 45.5 Å². The summed E-state index contributed by atoms with van der Waals surface area (Å²) in [5, 5.41) is 9.09. The molecule has 0 spiro atoms. The highest BCUT2D eigenvalue weighted by atomic mass is 16.4. The molecule has 0 fully saturated rings. The number of nitrogens with zero attached hydrogens (tertiary/aromatic N) is 2. The smallest absolute Gasteiger partial charge is 0.352 e. The number of hydrogen-bond acceptors (Lipinski definition) is 2. The highest BCUT2D eigenvalue weighted by Gasteiger charge is 2.26. The lowest BCUT2D eigenvalue weighted by Gasteiger charge is -2.31. The molecule has 0 amide bonds. The van der Waals surface area contributed by atoms with Gasteiger partial charge in [-0.1, -0.05) is 6.92 Å². The van der Waals surface area contributed by atoms with Gasteiger partial charge in [0, 0.05) is 18.2 Å². The molecule has 1 aliphatic heterocycles. The third-order valence-electron chi connectivity index (χ3n) is 2.99. The molecular formula is C11H16N2O2. The number of rotatable bonds is 1. The second-order valence-corrected chi connectivity index (χ2v) is 4.41. The predicted octanol–water partition coefficient (Wildman–Crippen LogP) is 1.50. The molecule has 15 heavy (non-hydrogen) atoms. The first-order valence-electron chi connectivity index (χ1n) is 5.12. The van der Waals surface area contributed by atoms with Crippen molar-refractivity contribution in [1.82, 2.24) is 9.47 Å². The Kier molecular flexibility index (Phi) is 2.31. The maximum Gasteiger partial charge on any atom is 0.352 e. The van der Waals surface area contributed by atoms with Crippen LogP contribution in [0.3, 0.4) is 0 Å². The molecule has 0 saturated carbocycles. The van der Waals surface area contributed by atoms with Gasteiger partial charge in [-0.05, 0) is 25.6 Å². The van der Waals surface area contributed by atoms with E-state index in [-0.39, 0.29) is 0 Å². The Morgan fingerprint density at radius 2 is 2.27 bits per heavy atom. The Bertz CT molecular complexity index is 409. The molecule has 1 aromatic rings. The molecule has 0 saturated heterocycles. The molecule has 1 unspecified atom stereocenters. The summed E-state index contributed by atoms with van der Waals surface area (Å²) in [6, 6.07) is 1.77. The van der Waals surface area contributed by atoms with E-state index >= 15 is 0 Å². The molecular weight excluding hydrogens is 192 g/mol. The zero-order valence-electron chi connectivity index (χ0n) is 9.32. The average molecular weight is 208 g/mol. The molecule has 82 valence electrons. The fraction of sp³-hybridized carbons (Fsp3) is 0.545. The van der Waals surface area contributed by atoms with Crippen LogP contribution in [-0.4, -0.2) is 34.1 Å². The lowest BCUT2D eigenvalue weighted by atomic mass is 10.0. The van der Waals surface area contributed by atoms with Crippen LogP contribution in [0.4, 0.5) is 0 Å². The van der Waals surface area contributed by atoms with Gasteiger partial charge in [-0.2, -0.15) is 0 Å². The van der Waals surface area contributed by atoms with Crippen LogP contribution in [-0.2, 0) is 6.67 Å². The molecule has 1 atom stereocenters. The molecule has 0 bridgehead atoms. The number of hydrogen-bond donors (Lipinski definition) is 1. The Balaban J connectivity index is 2.56. The number of carboxylic acids is 1. The maximum atomic E-state index is 11.1. The van der Waals surface area contributed by atoms with Crippen molar-refractivity contribution in [3.8, 4) is 0 Å². The molecule has 4 heteroatoms. The largest absolute Gasteiger partial charge is 0.477 e. The minimum absolute atomic E-state index is 0.400. The monoisotopic (exact) mass is 208 g/mol. The van der Waals surface area contributed by atoms with Gasteiger partial charge in [0.05, 0.1) is 6.67 Å². The molecule has 0 aromatic carbocycles. The second-order valence-electron chi connectivity index (χ2n) is 4.41. The van der Waals surface area contributed by atoms with Gasteiger partial charge >= 0.3 is 5.97 Å². The van der Waals surface area contributed by atoms with Crippen molar-refractivity contribution >= 4 is 5.97 Å². The van der Waals surface area contributed by atoms with Crippen molar-refractivity contribution in [2.75, 3.05) is 13.6 Å². The van der Waals surface area contributed by atoms with Crippen LogP contribution in [0, 0.1) is 6.92 Å². The summed E-state index contributed by atoms with van der Waals surface area (Å²) >= 11 is 0. The summed E-state index contributed by atoms with van der Waals surface area (Å²) in [6.45, 7) is 5.79. The van der Waals surface area contributed by atoms with Crippen molar-refractivity contribution in [2.24, 2.45) is 0 Å². The van der Waals surface area contributed by atoms with Crippen LogP contribution in [0.5, 0.6) is 0 Å². The number of aryl methyl sites for hydroxylation is 1. The van der Waals surface area contributed by atoms with Gasteiger partial charge in [-0.15, -0.1) is 0 Å². The Hall–Kier alpha value is -1.29. The van der Waals surface area contributed by atoms with Gasteiger partial charge in [-0.3, -0.25) is 4.90 Å². The Morgan fingerprint density at radius 3 is 2.87 bits per heavy atom. The van der Waals surface area contributed by atoms with E-state index in [1.165, 1.54) is 5.69 Å². The molecule has 0 radical (unpaired) electrons. The van der Waals surface area contributed by atoms with Gasteiger partial charge in [-0.25, -0.2) is 4.79 Å². The molecule has 1 N–H and O–H groups in total. The van der Waals surface area contributed by atoms with E-state index in [1.807, 2.05) is 18.5 Å². The highest BCUT2D eigenvalue weighted by Crippen LogP contribution is 2.28. The van der Waals surface area contributed by atoms with Gasteiger partial charge < -0.3 is 9.67 Å². The molecule has 1 aliphatic rings. The van der Waals surface area contributed by atoms with E-state index in [0.29, 0.717) is 18.3 Å². The molecule has 1 aromatic heterocycles. The van der Waals surface area contributed by atoms with Crippen molar-refractivity contribution in [2.45, 2.75) is 26.4 Å². The zero-order valence-corrected chi connectivity index (χ0v) is 9.32. The first kappa shape index (κ1) is 10.2. The van der Waals surface area contributed by atoms with E-state index in [2.05, 4.69) is 11.8 Å². The minimum atomic E-state index is -0.841. The summed E-state index contributed by atoms with van der Waals surface area (Å²) in [6.07, 6.45) is 0. The first-order chi connectivity index (χ1) is 7.00. The number of likely N-dealkylation sites (N-methyl/N-ethyl adjacent to an activating group) is 1.